The summed E-state index contributed by atoms with van der Waals surface area (Å²) in [5.41, 5.74) is 2.50. The van der Waals surface area contributed by atoms with Crippen molar-refractivity contribution in [1.29, 1.82) is 0 Å². The third-order valence-corrected chi connectivity index (χ3v) is 6.49. The van der Waals surface area contributed by atoms with Crippen LogP contribution in [-0.4, -0.2) is 19.4 Å². The summed E-state index contributed by atoms with van der Waals surface area (Å²) in [6, 6.07) is 14.5. The molecule has 3 rings (SSSR count). The first-order valence-corrected chi connectivity index (χ1v) is 11.1. The molecule has 7 heteroatoms. The Bertz CT molecular complexity index is 815. The topological polar surface area (TPSA) is 49.4 Å². The van der Waals surface area contributed by atoms with Crippen molar-refractivity contribution in [3.8, 4) is 0 Å². The Morgan fingerprint density at radius 3 is 2.58 bits per heavy atom. The lowest BCUT2D eigenvalue weighted by molar-refractivity contribution is 0.558. The van der Waals surface area contributed by atoms with Crippen molar-refractivity contribution in [3.05, 3.63) is 64.7 Å². The van der Waals surface area contributed by atoms with E-state index in [-0.39, 0.29) is 0 Å². The number of anilines is 1. The number of hydrogen-bond acceptors (Lipinski definition) is 2. The molecular weight excluding hydrogens is 459 g/mol. The highest BCUT2D eigenvalue weighted by atomic mass is 127. The average Bonchev–Trinajstić information content (AvgIpc) is 2.57. The van der Waals surface area contributed by atoms with Crippen molar-refractivity contribution in [2.75, 3.05) is 15.3 Å². The number of halogens is 2. The Balaban J connectivity index is 2.06. The molecule has 1 unspecified atom stereocenters. The van der Waals surface area contributed by atoms with Crippen molar-refractivity contribution >= 4 is 50.1 Å². The van der Waals surface area contributed by atoms with Crippen LogP contribution < -0.4 is 9.03 Å². The molecule has 0 saturated heterocycles. The number of rotatable bonds is 5. The van der Waals surface area contributed by atoms with Gasteiger partial charge in [0.1, 0.15) is 0 Å². The van der Waals surface area contributed by atoms with Crippen molar-refractivity contribution in [2.24, 2.45) is 0 Å². The molecule has 0 saturated carbocycles. The lowest BCUT2D eigenvalue weighted by atomic mass is 9.98. The van der Waals surface area contributed by atoms with Crippen LogP contribution in [0.15, 0.2) is 48.5 Å². The fourth-order valence-corrected chi connectivity index (χ4v) is 5.08. The van der Waals surface area contributed by atoms with Crippen molar-refractivity contribution in [2.45, 2.75) is 18.9 Å². The van der Waals surface area contributed by atoms with Gasteiger partial charge in [0.05, 0.1) is 11.7 Å². The zero-order valence-electron chi connectivity index (χ0n) is 13.0. The predicted octanol–water partition coefficient (Wildman–Crippen LogP) is 4.30. The molecule has 2 aromatic rings. The molecule has 0 bridgehead atoms. The fourth-order valence-electron chi connectivity index (χ4n) is 2.87. The van der Waals surface area contributed by atoms with Crippen LogP contribution >= 0.6 is 34.2 Å². The number of nitrogens with one attached hydrogen (secondary N) is 1. The molecule has 0 fully saturated rings. The summed E-state index contributed by atoms with van der Waals surface area (Å²) in [7, 11) is -3.59. The Kier molecular flexibility index (Phi) is 5.69. The summed E-state index contributed by atoms with van der Waals surface area (Å²) in [5.74, 6) is 0. The van der Waals surface area contributed by atoms with Crippen LogP contribution in [0, 0.1) is 0 Å². The molecule has 0 amide bonds. The maximum Gasteiger partial charge on any atom is 0.302 e. The van der Waals surface area contributed by atoms with Crippen LogP contribution in [0.3, 0.4) is 0 Å². The number of benzene rings is 2. The monoisotopic (exact) mass is 476 g/mol. The quantitative estimate of drug-likeness (QED) is 0.397. The van der Waals surface area contributed by atoms with Crippen LogP contribution in [0.1, 0.15) is 30.0 Å². The van der Waals surface area contributed by atoms with E-state index in [4.69, 9.17) is 11.6 Å². The van der Waals surface area contributed by atoms with E-state index in [1.165, 1.54) is 4.31 Å². The van der Waals surface area contributed by atoms with E-state index in [0.29, 0.717) is 17.3 Å². The lowest BCUT2D eigenvalue weighted by Gasteiger charge is -2.36. The van der Waals surface area contributed by atoms with Gasteiger partial charge in [-0.15, -0.1) is 0 Å². The summed E-state index contributed by atoms with van der Waals surface area (Å²) in [6.07, 6.45) is 1.81. The molecule has 4 nitrogen and oxygen atoms in total. The molecule has 1 heterocycles. The second-order valence-electron chi connectivity index (χ2n) is 5.64. The van der Waals surface area contributed by atoms with E-state index < -0.39 is 16.3 Å². The standard InChI is InChI=1S/C17H18ClIN2O2S/c18-14-8-9-16-15(12-14)17(13-6-2-1-3-7-13)20-24(22,23)21(16)11-5-4-10-19/h1-3,6-9,12,17,20H,4-5,10-11H2. The van der Waals surface area contributed by atoms with Crippen LogP contribution in [0.5, 0.6) is 0 Å². The van der Waals surface area contributed by atoms with E-state index in [1.54, 1.807) is 12.1 Å². The van der Waals surface area contributed by atoms with Gasteiger partial charge in [0.25, 0.3) is 0 Å². The van der Waals surface area contributed by atoms with E-state index >= 15 is 0 Å². The van der Waals surface area contributed by atoms with Crippen LogP contribution in [-0.2, 0) is 10.2 Å². The van der Waals surface area contributed by atoms with Gasteiger partial charge in [0.15, 0.2) is 0 Å². The molecule has 0 aliphatic carbocycles. The summed E-state index contributed by atoms with van der Waals surface area (Å²) in [6.45, 7) is 0.467. The molecular formula is C17H18ClIN2O2S. The van der Waals surface area contributed by atoms with Crippen molar-refractivity contribution < 1.29 is 8.42 Å². The molecule has 0 aromatic heterocycles. The highest BCUT2D eigenvalue weighted by molar-refractivity contribution is 14.1. The maximum absolute atomic E-state index is 12.8. The second-order valence-corrected chi connectivity index (χ2v) is 8.78. The average molecular weight is 477 g/mol. The third-order valence-electron chi connectivity index (χ3n) is 4.00. The summed E-state index contributed by atoms with van der Waals surface area (Å²) >= 11 is 8.48. The number of hydrogen-bond donors (Lipinski definition) is 1. The SMILES string of the molecule is O=S1(=O)NC(c2ccccc2)c2cc(Cl)ccc2N1CCCCI. The molecule has 1 N–H and O–H groups in total. The van der Waals surface area contributed by atoms with Gasteiger partial charge in [-0.25, -0.2) is 0 Å². The van der Waals surface area contributed by atoms with E-state index in [0.717, 1.165) is 28.4 Å². The van der Waals surface area contributed by atoms with Crippen LogP contribution in [0.4, 0.5) is 5.69 Å². The first-order chi connectivity index (χ1) is 11.5. The number of fused-ring (bicyclic) bond motifs is 1. The molecule has 1 aliphatic heterocycles. The maximum atomic E-state index is 12.8. The van der Waals surface area contributed by atoms with E-state index in [2.05, 4.69) is 27.3 Å². The molecule has 24 heavy (non-hydrogen) atoms. The molecule has 1 aliphatic rings. The molecule has 1 atom stereocenters. The highest BCUT2D eigenvalue weighted by Crippen LogP contribution is 2.38. The van der Waals surface area contributed by atoms with Gasteiger partial charge < -0.3 is 0 Å². The minimum atomic E-state index is -3.59. The number of nitrogens with zero attached hydrogens (tertiary/aromatic N) is 1. The Labute approximate surface area is 161 Å². The zero-order valence-corrected chi connectivity index (χ0v) is 16.7. The van der Waals surface area contributed by atoms with Gasteiger partial charge in [0.2, 0.25) is 0 Å². The molecule has 0 spiro atoms. The summed E-state index contributed by atoms with van der Waals surface area (Å²) in [5, 5.41) is 0.600. The minimum absolute atomic E-state index is 0.425. The minimum Gasteiger partial charge on any atom is -0.257 e. The van der Waals surface area contributed by atoms with Gasteiger partial charge in [-0.05, 0) is 41.0 Å². The van der Waals surface area contributed by atoms with E-state index in [9.17, 15) is 8.42 Å². The second kappa shape index (κ2) is 7.59. The van der Waals surface area contributed by atoms with Crippen LogP contribution in [0.25, 0.3) is 0 Å². The third kappa shape index (κ3) is 3.71. The van der Waals surface area contributed by atoms with E-state index in [1.807, 2.05) is 36.4 Å². The predicted molar refractivity (Wildman–Crippen MR) is 107 cm³/mol. The summed E-state index contributed by atoms with van der Waals surface area (Å²) in [4.78, 5) is 0. The van der Waals surface area contributed by atoms with Gasteiger partial charge in [-0.1, -0.05) is 64.5 Å². The number of unbranched alkanes of at least 4 members (excludes halogenated alkanes) is 1. The first-order valence-electron chi connectivity index (χ1n) is 7.73. The highest BCUT2D eigenvalue weighted by Gasteiger charge is 2.35. The smallest absolute Gasteiger partial charge is 0.257 e. The van der Waals surface area contributed by atoms with Crippen molar-refractivity contribution in [1.82, 2.24) is 4.72 Å². The summed E-state index contributed by atoms with van der Waals surface area (Å²) < 4.78 is 30.9. The van der Waals surface area contributed by atoms with Gasteiger partial charge in [-0.3, -0.25) is 4.31 Å². The Hall–Kier alpha value is -0.830. The van der Waals surface area contributed by atoms with Gasteiger partial charge in [-0.2, -0.15) is 13.1 Å². The van der Waals surface area contributed by atoms with Gasteiger partial charge >= 0.3 is 10.2 Å². The fraction of sp³-hybridized carbons (Fsp3) is 0.294. The molecule has 0 radical (unpaired) electrons. The zero-order chi connectivity index (χ0) is 17.2. The van der Waals surface area contributed by atoms with Gasteiger partial charge in [0, 0.05) is 17.1 Å². The molecule has 2 aromatic carbocycles. The Morgan fingerprint density at radius 1 is 1.12 bits per heavy atom. The van der Waals surface area contributed by atoms with Crippen LogP contribution in [0.2, 0.25) is 5.02 Å². The first kappa shape index (κ1) is 18.0. The lowest BCUT2D eigenvalue weighted by Crippen LogP contribution is -2.47. The Morgan fingerprint density at radius 2 is 1.88 bits per heavy atom. The molecule has 128 valence electrons. The number of alkyl halides is 1. The normalized spacial score (nSPS) is 19.1. The van der Waals surface area contributed by atoms with Crippen molar-refractivity contribution in [3.63, 3.8) is 0 Å². The largest absolute Gasteiger partial charge is 0.302 e.